The van der Waals surface area contributed by atoms with Crippen LogP contribution >= 0.6 is 0 Å². The minimum atomic E-state index is -3.14. The largest absolute Gasteiger partial charge is 0.435 e. The van der Waals surface area contributed by atoms with Crippen molar-refractivity contribution < 1.29 is 31.5 Å². The number of pyridine rings is 1. The maximum Gasteiger partial charge on any atom is 0.387 e. The molecule has 3 N–H and O–H groups in total. The quantitative estimate of drug-likeness (QED) is 0.531. The number of ether oxygens (including phenoxy) is 1. The molecule has 4 rings (SSSR count). The number of hydrogen-bond acceptors (Lipinski definition) is 5. The smallest absolute Gasteiger partial charge is 0.387 e. The van der Waals surface area contributed by atoms with Crippen molar-refractivity contribution in [1.82, 2.24) is 10.3 Å². The highest BCUT2D eigenvalue weighted by atomic mass is 19.3. The minimum Gasteiger partial charge on any atom is -0.435 e. The Morgan fingerprint density at radius 3 is 2.53 bits per heavy atom. The maximum atomic E-state index is 14.4. The second kappa shape index (κ2) is 9.84. The van der Waals surface area contributed by atoms with E-state index in [1.165, 1.54) is 12.3 Å². The summed E-state index contributed by atoms with van der Waals surface area (Å²) in [5.41, 5.74) is 7.44. The Balaban J connectivity index is 1.77. The van der Waals surface area contributed by atoms with Crippen molar-refractivity contribution in [1.29, 1.82) is 0 Å². The Labute approximate surface area is 206 Å². The molecule has 1 saturated heterocycles. The Morgan fingerprint density at radius 2 is 1.92 bits per heavy atom. The number of carbonyl (C=O) groups is 1. The van der Waals surface area contributed by atoms with Gasteiger partial charge in [0, 0.05) is 61.0 Å². The van der Waals surface area contributed by atoms with E-state index < -0.39 is 35.8 Å². The van der Waals surface area contributed by atoms with Crippen LogP contribution < -0.4 is 20.7 Å². The van der Waals surface area contributed by atoms with Crippen LogP contribution in [0.3, 0.4) is 0 Å². The average Bonchev–Trinajstić information content (AvgIpc) is 3.13. The zero-order chi connectivity index (χ0) is 26.3. The van der Waals surface area contributed by atoms with Crippen LogP contribution in [-0.2, 0) is 0 Å². The second-order valence-electron chi connectivity index (χ2n) is 9.96. The van der Waals surface area contributed by atoms with E-state index in [1.807, 2.05) is 11.8 Å². The van der Waals surface area contributed by atoms with Gasteiger partial charge in [0.15, 0.2) is 0 Å². The van der Waals surface area contributed by atoms with Gasteiger partial charge in [-0.15, -0.1) is 0 Å². The number of nitrogens with zero attached hydrogens (tertiary/aromatic N) is 2. The third kappa shape index (κ3) is 5.88. The zero-order valence-electron chi connectivity index (χ0n) is 20.1. The first-order chi connectivity index (χ1) is 16.8. The summed E-state index contributed by atoms with van der Waals surface area (Å²) in [7, 11) is 0. The van der Waals surface area contributed by atoms with Crippen LogP contribution in [0.25, 0.3) is 11.1 Å². The van der Waals surface area contributed by atoms with Crippen LogP contribution in [0.2, 0.25) is 0 Å². The fraction of sp³-hybridized carbons (Fsp3) is 0.520. The average molecular weight is 513 g/mol. The van der Waals surface area contributed by atoms with E-state index in [0.717, 1.165) is 12.1 Å². The predicted octanol–water partition coefficient (Wildman–Crippen LogP) is 5.03. The number of nitrogens with one attached hydrogen (secondary N) is 1. The molecular formula is C25H29F5N4O2. The van der Waals surface area contributed by atoms with Gasteiger partial charge < -0.3 is 20.7 Å². The van der Waals surface area contributed by atoms with Crippen LogP contribution in [0.1, 0.15) is 55.1 Å². The Kier molecular flexibility index (Phi) is 7.14. The monoisotopic (exact) mass is 512 g/mol. The van der Waals surface area contributed by atoms with E-state index >= 15 is 0 Å². The van der Waals surface area contributed by atoms with Gasteiger partial charge in [-0.05, 0) is 50.8 Å². The number of aromatic nitrogens is 1. The highest BCUT2D eigenvalue weighted by Crippen LogP contribution is 2.41. The molecule has 2 aromatic rings. The number of carbonyl (C=O) groups excluding carboxylic acids is 1. The fourth-order valence-corrected chi connectivity index (χ4v) is 4.93. The molecule has 0 unspecified atom stereocenters. The van der Waals surface area contributed by atoms with Crippen molar-refractivity contribution >= 4 is 11.6 Å². The molecule has 2 heterocycles. The third-order valence-electron chi connectivity index (χ3n) is 6.74. The van der Waals surface area contributed by atoms with Crippen molar-refractivity contribution in [3.63, 3.8) is 0 Å². The predicted molar refractivity (Wildman–Crippen MR) is 125 cm³/mol. The Bertz CT molecular complexity index is 1130. The molecule has 1 aromatic heterocycles. The normalized spacial score (nSPS) is 22.2. The summed E-state index contributed by atoms with van der Waals surface area (Å²) in [5.74, 6) is -4.40. The lowest BCUT2D eigenvalue weighted by molar-refractivity contribution is -0.0499. The molecule has 36 heavy (non-hydrogen) atoms. The van der Waals surface area contributed by atoms with E-state index in [2.05, 4.69) is 15.0 Å². The minimum absolute atomic E-state index is 0.142. The number of rotatable bonds is 6. The lowest BCUT2D eigenvalue weighted by Crippen LogP contribution is -2.42. The topological polar surface area (TPSA) is 80.5 Å². The van der Waals surface area contributed by atoms with Crippen LogP contribution in [0.4, 0.5) is 27.6 Å². The molecule has 1 aliphatic carbocycles. The van der Waals surface area contributed by atoms with Crippen LogP contribution in [0.5, 0.6) is 5.75 Å². The van der Waals surface area contributed by atoms with Crippen molar-refractivity contribution in [2.24, 2.45) is 5.73 Å². The summed E-state index contributed by atoms with van der Waals surface area (Å²) in [6.45, 7) is 1.28. The maximum absolute atomic E-state index is 14.4. The molecule has 0 spiro atoms. The molecule has 2 aliphatic rings. The van der Waals surface area contributed by atoms with Gasteiger partial charge in [-0.1, -0.05) is 0 Å². The van der Waals surface area contributed by atoms with Gasteiger partial charge in [0.2, 0.25) is 5.92 Å². The number of amides is 1. The summed E-state index contributed by atoms with van der Waals surface area (Å²) >= 11 is 0. The zero-order valence-corrected chi connectivity index (χ0v) is 20.1. The molecule has 196 valence electrons. The molecule has 2 fully saturated rings. The molecule has 1 aliphatic heterocycles. The molecule has 6 nitrogen and oxygen atoms in total. The van der Waals surface area contributed by atoms with E-state index in [1.54, 1.807) is 6.92 Å². The van der Waals surface area contributed by atoms with E-state index in [4.69, 9.17) is 5.73 Å². The number of nitrogens with two attached hydrogens (primary N) is 1. The first-order valence-corrected chi connectivity index (χ1v) is 11.8. The lowest BCUT2D eigenvalue weighted by atomic mass is 9.92. The lowest BCUT2D eigenvalue weighted by Gasteiger charge is -2.30. The van der Waals surface area contributed by atoms with Gasteiger partial charge in [-0.3, -0.25) is 9.78 Å². The summed E-state index contributed by atoms with van der Waals surface area (Å²) in [6, 6.07) is 2.86. The van der Waals surface area contributed by atoms with Crippen LogP contribution in [0, 0.1) is 12.7 Å². The summed E-state index contributed by atoms with van der Waals surface area (Å²) in [5, 5.41) is 2.84. The van der Waals surface area contributed by atoms with E-state index in [0.29, 0.717) is 36.5 Å². The van der Waals surface area contributed by atoms with Crippen LogP contribution in [-0.4, -0.2) is 48.1 Å². The van der Waals surface area contributed by atoms with Crippen molar-refractivity contribution in [3.05, 3.63) is 41.5 Å². The van der Waals surface area contributed by atoms with Gasteiger partial charge in [-0.2, -0.15) is 8.78 Å². The number of alkyl halides is 4. The fourth-order valence-electron chi connectivity index (χ4n) is 4.93. The van der Waals surface area contributed by atoms with Crippen molar-refractivity contribution in [3.8, 4) is 16.9 Å². The summed E-state index contributed by atoms with van der Waals surface area (Å²) in [4.78, 5) is 19.6. The van der Waals surface area contributed by atoms with Crippen molar-refractivity contribution in [2.75, 3.05) is 18.0 Å². The number of hydrogen-bond donors (Lipinski definition) is 2. The second-order valence-corrected chi connectivity index (χ2v) is 9.96. The third-order valence-corrected chi connectivity index (χ3v) is 6.74. The highest BCUT2D eigenvalue weighted by molar-refractivity contribution is 6.04. The molecule has 1 aromatic carbocycles. The molecule has 1 atom stereocenters. The summed E-state index contributed by atoms with van der Waals surface area (Å²) < 4.78 is 71.7. The first-order valence-electron chi connectivity index (χ1n) is 11.8. The van der Waals surface area contributed by atoms with Gasteiger partial charge >= 0.3 is 6.61 Å². The SMILES string of the molecule is Cc1ncc(C(=O)NC2CCC(F)(F)CC2)c(N2CC[C@](C)(N)C2)c1-c1cc(F)cc(OC(F)F)c1. The highest BCUT2D eigenvalue weighted by Gasteiger charge is 2.37. The Hall–Kier alpha value is -2.95. The molecule has 1 saturated carbocycles. The molecular weight excluding hydrogens is 483 g/mol. The number of anilines is 1. The standard InChI is InChI=1S/C25H29F5N4O2/c1-14-20(15-9-16(26)11-18(10-15)36-23(27)28)21(34-8-7-24(2,31)13-34)19(12-32-14)22(35)33-17-3-5-25(29,30)6-4-17/h9-12,17,23H,3-8,13,31H2,1-2H3,(H,33,35)/t24-/m0/s1. The number of aryl methyl sites for hydroxylation is 1. The van der Waals surface area contributed by atoms with Gasteiger partial charge in [0.05, 0.1) is 11.3 Å². The molecule has 0 radical (unpaired) electrons. The number of benzene rings is 1. The molecule has 1 amide bonds. The number of halogens is 5. The summed E-state index contributed by atoms with van der Waals surface area (Å²) in [6.07, 6.45) is 1.68. The van der Waals surface area contributed by atoms with E-state index in [-0.39, 0.29) is 42.6 Å². The molecule has 0 bridgehead atoms. The molecule has 11 heteroatoms. The Morgan fingerprint density at radius 1 is 1.22 bits per heavy atom. The van der Waals surface area contributed by atoms with Gasteiger partial charge in [0.25, 0.3) is 5.91 Å². The van der Waals surface area contributed by atoms with Crippen LogP contribution in [0.15, 0.2) is 24.4 Å². The van der Waals surface area contributed by atoms with Gasteiger partial charge in [-0.25, -0.2) is 13.2 Å². The van der Waals surface area contributed by atoms with E-state index in [9.17, 15) is 26.7 Å². The van der Waals surface area contributed by atoms with Gasteiger partial charge in [0.1, 0.15) is 11.6 Å². The van der Waals surface area contributed by atoms with Crippen molar-refractivity contribution in [2.45, 2.75) is 70.1 Å². The first kappa shape index (κ1) is 26.1.